The van der Waals surface area contributed by atoms with Gasteiger partial charge in [0.1, 0.15) is 6.04 Å². The number of hydrogen-bond donors (Lipinski definition) is 3. The molecule has 1 heterocycles. The fraction of sp³-hybridized carbons (Fsp3) is 0.323. The van der Waals surface area contributed by atoms with E-state index in [0.29, 0.717) is 34.0 Å². The molecular weight excluding hydrogens is 528 g/mol. The van der Waals surface area contributed by atoms with Crippen LogP contribution in [0, 0.1) is 6.92 Å². The van der Waals surface area contributed by atoms with E-state index in [1.54, 1.807) is 32.0 Å². The number of likely N-dealkylation sites (N-methyl/N-ethyl adjacent to an activating group) is 1. The number of anilines is 2. The highest BCUT2D eigenvalue weighted by atomic mass is 35.5. The second kappa shape index (κ2) is 13.5. The van der Waals surface area contributed by atoms with Crippen molar-refractivity contribution in [1.82, 2.24) is 10.6 Å². The fourth-order valence-electron chi connectivity index (χ4n) is 4.75. The number of carbonyl (C=O) groups excluding carboxylic acids is 3. The molecule has 4 rings (SSSR count). The zero-order valence-electron chi connectivity index (χ0n) is 23.0. The van der Waals surface area contributed by atoms with Gasteiger partial charge < -0.3 is 25.6 Å². The van der Waals surface area contributed by atoms with Crippen LogP contribution in [-0.4, -0.2) is 50.0 Å². The molecule has 0 radical (unpaired) electrons. The smallest absolute Gasteiger partial charge is 0.255 e. The summed E-state index contributed by atoms with van der Waals surface area (Å²) in [6, 6.07) is 19.0. The Hall–Kier alpha value is -3.88. The molecule has 2 atom stereocenters. The summed E-state index contributed by atoms with van der Waals surface area (Å²) in [6.45, 7) is 5.57. The molecule has 8 nitrogen and oxygen atoms in total. The molecule has 3 N–H and O–H groups in total. The minimum absolute atomic E-state index is 0.294. The Labute approximate surface area is 240 Å². The van der Waals surface area contributed by atoms with Crippen molar-refractivity contribution in [2.45, 2.75) is 45.4 Å². The Morgan fingerprint density at radius 2 is 1.70 bits per heavy atom. The third kappa shape index (κ3) is 7.00. The summed E-state index contributed by atoms with van der Waals surface area (Å²) in [6.07, 6.45) is 1.53. The third-order valence-electron chi connectivity index (χ3n) is 7.04. The maximum atomic E-state index is 13.4. The number of carbonyl (C=O) groups is 3. The van der Waals surface area contributed by atoms with Crippen LogP contribution in [0.2, 0.25) is 5.02 Å². The van der Waals surface area contributed by atoms with Gasteiger partial charge in [-0.05, 0) is 62.1 Å². The molecule has 0 unspecified atom stereocenters. The van der Waals surface area contributed by atoms with E-state index in [4.69, 9.17) is 16.3 Å². The van der Waals surface area contributed by atoms with Crippen LogP contribution in [-0.2, 0) is 16.1 Å². The first-order valence-electron chi connectivity index (χ1n) is 13.4. The van der Waals surface area contributed by atoms with Crippen LogP contribution in [0.5, 0.6) is 0 Å². The molecule has 0 aromatic heterocycles. The summed E-state index contributed by atoms with van der Waals surface area (Å²) in [5.74, 6) is -1.22. The van der Waals surface area contributed by atoms with Gasteiger partial charge in [0.15, 0.2) is 0 Å². The van der Waals surface area contributed by atoms with Crippen LogP contribution in [0.4, 0.5) is 11.4 Å². The van der Waals surface area contributed by atoms with Crippen LogP contribution in [0.25, 0.3) is 0 Å². The Morgan fingerprint density at radius 3 is 2.40 bits per heavy atom. The molecule has 1 fully saturated rings. The first-order chi connectivity index (χ1) is 19.3. The lowest BCUT2D eigenvalue weighted by Gasteiger charge is -2.24. The Morgan fingerprint density at radius 1 is 0.975 bits per heavy atom. The topological polar surface area (TPSA) is 99.8 Å². The van der Waals surface area contributed by atoms with Crippen molar-refractivity contribution in [2.24, 2.45) is 0 Å². The summed E-state index contributed by atoms with van der Waals surface area (Å²) >= 11 is 6.51. The maximum Gasteiger partial charge on any atom is 0.255 e. The van der Waals surface area contributed by atoms with Gasteiger partial charge in [-0.1, -0.05) is 54.1 Å². The molecule has 3 aromatic carbocycles. The molecule has 3 amide bonds. The predicted octanol–water partition coefficient (Wildman–Crippen LogP) is 4.95. The van der Waals surface area contributed by atoms with E-state index in [0.717, 1.165) is 37.2 Å². The largest absolute Gasteiger partial charge is 0.371 e. The molecule has 3 aromatic rings. The van der Waals surface area contributed by atoms with Crippen LogP contribution in [0.15, 0.2) is 66.7 Å². The number of nitrogens with zero attached hydrogens (tertiary/aromatic N) is 1. The summed E-state index contributed by atoms with van der Waals surface area (Å²) in [7, 11) is 1.51. The molecule has 9 heteroatoms. The van der Waals surface area contributed by atoms with Gasteiger partial charge in [-0.25, -0.2) is 0 Å². The van der Waals surface area contributed by atoms with Gasteiger partial charge in [0, 0.05) is 31.3 Å². The third-order valence-corrected chi connectivity index (χ3v) is 7.35. The van der Waals surface area contributed by atoms with Crippen LogP contribution in [0.3, 0.4) is 0 Å². The van der Waals surface area contributed by atoms with Crippen molar-refractivity contribution in [1.29, 1.82) is 0 Å². The molecule has 1 aliphatic rings. The number of benzene rings is 3. The van der Waals surface area contributed by atoms with Crippen LogP contribution >= 0.6 is 11.6 Å². The molecule has 210 valence electrons. The number of aryl methyl sites for hydroxylation is 1. The molecule has 0 spiro atoms. The van der Waals surface area contributed by atoms with Gasteiger partial charge in [-0.15, -0.1) is 0 Å². The molecule has 1 aliphatic heterocycles. The zero-order valence-corrected chi connectivity index (χ0v) is 23.8. The Bertz CT molecular complexity index is 1360. The summed E-state index contributed by atoms with van der Waals surface area (Å²) in [4.78, 5) is 41.5. The van der Waals surface area contributed by atoms with E-state index in [-0.39, 0.29) is 11.8 Å². The monoisotopic (exact) mass is 562 g/mol. The first kappa shape index (κ1) is 29.1. The zero-order chi connectivity index (χ0) is 28.6. The predicted molar refractivity (Wildman–Crippen MR) is 158 cm³/mol. The first-order valence-corrected chi connectivity index (χ1v) is 13.8. The number of nitrogens with one attached hydrogen (secondary N) is 3. The number of rotatable bonds is 10. The Balaban J connectivity index is 1.50. The SMILES string of the molecule is CNC(=O)[C@@H](NC(=O)c1cc(C(=O)Nc2cccc(Cl)c2N2CCCC2)ccc1C)[C@@H](C)OCc1ccccc1. The highest BCUT2D eigenvalue weighted by Crippen LogP contribution is 2.36. The molecular formula is C31H35ClN4O4. The van der Waals surface area contributed by atoms with E-state index >= 15 is 0 Å². The van der Waals surface area contributed by atoms with E-state index in [9.17, 15) is 14.4 Å². The van der Waals surface area contributed by atoms with Gasteiger partial charge in [0.2, 0.25) is 5.91 Å². The minimum Gasteiger partial charge on any atom is -0.371 e. The van der Waals surface area contributed by atoms with E-state index in [1.807, 2.05) is 42.5 Å². The van der Waals surface area contributed by atoms with Gasteiger partial charge >= 0.3 is 0 Å². The summed E-state index contributed by atoms with van der Waals surface area (Å²) < 4.78 is 5.92. The Kier molecular flexibility index (Phi) is 9.79. The average Bonchev–Trinajstić information content (AvgIpc) is 3.49. The van der Waals surface area contributed by atoms with Crippen molar-refractivity contribution >= 4 is 40.7 Å². The molecule has 0 saturated carbocycles. The summed E-state index contributed by atoms with van der Waals surface area (Å²) in [5.41, 5.74) is 3.66. The number of para-hydroxylation sites is 1. The lowest BCUT2D eigenvalue weighted by molar-refractivity contribution is -0.126. The number of hydrogen-bond acceptors (Lipinski definition) is 5. The minimum atomic E-state index is -0.937. The van der Waals surface area contributed by atoms with Gasteiger partial charge in [0.05, 0.1) is 29.1 Å². The second-order valence-electron chi connectivity index (χ2n) is 9.88. The second-order valence-corrected chi connectivity index (χ2v) is 10.3. The standard InChI is InChI=1S/C31H35ClN4O4/c1-20-14-15-23(29(37)34-26-13-9-12-25(32)28(26)36-16-7-8-17-36)18-24(20)30(38)35-27(31(39)33-3)21(2)40-19-22-10-5-4-6-11-22/h4-6,9-15,18,21,27H,7-8,16-17,19H2,1-3H3,(H,33,39)(H,34,37)(H,35,38)/t21-,27+/m1/s1. The highest BCUT2D eigenvalue weighted by molar-refractivity contribution is 6.34. The van der Waals surface area contributed by atoms with E-state index in [2.05, 4.69) is 20.9 Å². The van der Waals surface area contributed by atoms with Crippen molar-refractivity contribution in [3.05, 3.63) is 94.0 Å². The number of ether oxygens (including phenoxy) is 1. The van der Waals surface area contributed by atoms with Gasteiger partial charge in [0.25, 0.3) is 11.8 Å². The number of halogens is 1. The lowest BCUT2D eigenvalue weighted by Crippen LogP contribution is -2.52. The lowest BCUT2D eigenvalue weighted by atomic mass is 10.0. The van der Waals surface area contributed by atoms with Gasteiger partial charge in [-0.2, -0.15) is 0 Å². The summed E-state index contributed by atoms with van der Waals surface area (Å²) in [5, 5.41) is 8.94. The van der Waals surface area contributed by atoms with Crippen LogP contribution in [0.1, 0.15) is 51.6 Å². The molecule has 1 saturated heterocycles. The highest BCUT2D eigenvalue weighted by Gasteiger charge is 2.28. The van der Waals surface area contributed by atoms with Crippen LogP contribution < -0.4 is 20.9 Å². The quantitative estimate of drug-likeness (QED) is 0.325. The fourth-order valence-corrected chi connectivity index (χ4v) is 5.04. The maximum absolute atomic E-state index is 13.4. The van der Waals surface area contributed by atoms with Crippen molar-refractivity contribution in [3.63, 3.8) is 0 Å². The van der Waals surface area contributed by atoms with Crippen molar-refractivity contribution in [3.8, 4) is 0 Å². The molecule has 0 bridgehead atoms. The normalized spacial score (nSPS) is 14.3. The van der Waals surface area contributed by atoms with Crippen molar-refractivity contribution in [2.75, 3.05) is 30.4 Å². The van der Waals surface area contributed by atoms with E-state index < -0.39 is 18.1 Å². The van der Waals surface area contributed by atoms with Gasteiger partial charge in [-0.3, -0.25) is 14.4 Å². The van der Waals surface area contributed by atoms with Crippen molar-refractivity contribution < 1.29 is 19.1 Å². The average molecular weight is 563 g/mol. The molecule has 0 aliphatic carbocycles. The van der Waals surface area contributed by atoms with E-state index in [1.165, 1.54) is 13.1 Å². The number of amides is 3. The molecule has 40 heavy (non-hydrogen) atoms.